The van der Waals surface area contributed by atoms with Gasteiger partial charge in [-0.3, -0.25) is 4.79 Å². The van der Waals surface area contributed by atoms with Crippen LogP contribution in [0.1, 0.15) is 16.1 Å². The minimum absolute atomic E-state index is 0.0337. The summed E-state index contributed by atoms with van der Waals surface area (Å²) in [5.74, 6) is 0.502. The lowest BCUT2D eigenvalue weighted by atomic mass is 10.1. The third kappa shape index (κ3) is 2.87. The van der Waals surface area contributed by atoms with Crippen molar-refractivity contribution in [3.8, 4) is 5.88 Å². The molecule has 4 nitrogen and oxygen atoms in total. The fraction of sp³-hybridized carbons (Fsp3) is 0.154. The molecule has 1 aromatic heterocycles. The topological polar surface area (TPSA) is 52.1 Å². The molecular weight excluding hydrogens is 216 g/mol. The lowest BCUT2D eigenvalue weighted by molar-refractivity contribution is 0.0992. The fourth-order valence-electron chi connectivity index (χ4n) is 1.48. The van der Waals surface area contributed by atoms with Crippen molar-refractivity contribution < 1.29 is 9.53 Å². The van der Waals surface area contributed by atoms with Crippen molar-refractivity contribution in [1.82, 2.24) is 9.97 Å². The molecule has 2 rings (SSSR count). The summed E-state index contributed by atoms with van der Waals surface area (Å²) in [5, 5.41) is 0. The monoisotopic (exact) mass is 228 g/mol. The second-order valence-corrected chi connectivity index (χ2v) is 3.52. The molecule has 1 heterocycles. The van der Waals surface area contributed by atoms with Crippen LogP contribution in [0, 0.1) is 0 Å². The van der Waals surface area contributed by atoms with Gasteiger partial charge in [-0.05, 0) is 0 Å². The van der Waals surface area contributed by atoms with Crippen LogP contribution in [-0.4, -0.2) is 22.9 Å². The first-order valence-corrected chi connectivity index (χ1v) is 5.23. The van der Waals surface area contributed by atoms with Crippen molar-refractivity contribution in [3.05, 3.63) is 54.0 Å². The van der Waals surface area contributed by atoms with Crippen molar-refractivity contribution in [2.45, 2.75) is 6.42 Å². The van der Waals surface area contributed by atoms with Gasteiger partial charge in [-0.1, -0.05) is 30.3 Å². The van der Waals surface area contributed by atoms with Crippen molar-refractivity contribution in [1.29, 1.82) is 0 Å². The molecule has 0 aliphatic carbocycles. The molecule has 0 saturated carbocycles. The van der Waals surface area contributed by atoms with Gasteiger partial charge < -0.3 is 4.74 Å². The predicted molar refractivity (Wildman–Crippen MR) is 63.1 cm³/mol. The standard InChI is InChI=1S/C13H12N2O2/c1-17-13-8-11(14-9-15-13)7-12(16)10-5-3-2-4-6-10/h2-6,8-9H,7H2,1H3. The Morgan fingerprint density at radius 1 is 1.24 bits per heavy atom. The van der Waals surface area contributed by atoms with Crippen molar-refractivity contribution >= 4 is 5.78 Å². The average Bonchev–Trinajstić information content (AvgIpc) is 2.40. The molecule has 0 amide bonds. The molecule has 1 aromatic carbocycles. The molecule has 0 radical (unpaired) electrons. The molecule has 0 bridgehead atoms. The molecule has 86 valence electrons. The van der Waals surface area contributed by atoms with Crippen molar-refractivity contribution in [2.75, 3.05) is 7.11 Å². The summed E-state index contributed by atoms with van der Waals surface area (Å²) >= 11 is 0. The number of ketones is 1. The molecular formula is C13H12N2O2. The zero-order valence-corrected chi connectivity index (χ0v) is 9.46. The minimum atomic E-state index is 0.0337. The molecule has 17 heavy (non-hydrogen) atoms. The normalized spacial score (nSPS) is 9.94. The molecule has 0 spiro atoms. The highest BCUT2D eigenvalue weighted by atomic mass is 16.5. The number of aromatic nitrogens is 2. The van der Waals surface area contributed by atoms with Gasteiger partial charge in [0.05, 0.1) is 19.2 Å². The Bertz CT molecular complexity index is 512. The Hall–Kier alpha value is -2.23. The molecule has 0 N–H and O–H groups in total. The van der Waals surface area contributed by atoms with Gasteiger partial charge in [-0.25, -0.2) is 9.97 Å². The van der Waals surface area contributed by atoms with Gasteiger partial charge in [0.15, 0.2) is 5.78 Å². The van der Waals surface area contributed by atoms with Crippen molar-refractivity contribution in [2.24, 2.45) is 0 Å². The van der Waals surface area contributed by atoms with Gasteiger partial charge in [0.1, 0.15) is 6.33 Å². The van der Waals surface area contributed by atoms with Gasteiger partial charge in [-0.2, -0.15) is 0 Å². The number of rotatable bonds is 4. The Labute approximate surface area is 99.3 Å². The number of benzene rings is 1. The van der Waals surface area contributed by atoms with E-state index in [1.165, 1.54) is 13.4 Å². The van der Waals surface area contributed by atoms with E-state index >= 15 is 0 Å². The van der Waals surface area contributed by atoms with E-state index in [4.69, 9.17) is 4.74 Å². The van der Waals surface area contributed by atoms with Crippen LogP contribution in [0.2, 0.25) is 0 Å². The lowest BCUT2D eigenvalue weighted by Gasteiger charge is -2.02. The van der Waals surface area contributed by atoms with Crippen LogP contribution >= 0.6 is 0 Å². The second kappa shape index (κ2) is 5.21. The molecule has 0 unspecified atom stereocenters. The van der Waals surface area contributed by atoms with Crippen LogP contribution in [0.5, 0.6) is 5.88 Å². The average molecular weight is 228 g/mol. The van der Waals surface area contributed by atoms with E-state index in [0.717, 1.165) is 0 Å². The summed E-state index contributed by atoms with van der Waals surface area (Å²) in [6, 6.07) is 10.8. The number of hydrogen-bond acceptors (Lipinski definition) is 4. The van der Waals surface area contributed by atoms with Crippen LogP contribution in [0.15, 0.2) is 42.7 Å². The van der Waals surface area contributed by atoms with Crippen LogP contribution in [0.25, 0.3) is 0 Å². The van der Waals surface area contributed by atoms with E-state index in [9.17, 15) is 4.79 Å². The Kier molecular flexibility index (Phi) is 3.45. The molecule has 0 atom stereocenters. The number of Topliss-reactive ketones (excluding diaryl/α,β-unsaturated/α-hetero) is 1. The van der Waals surface area contributed by atoms with E-state index in [1.807, 2.05) is 18.2 Å². The summed E-state index contributed by atoms with van der Waals surface area (Å²) in [5.41, 5.74) is 1.34. The van der Waals surface area contributed by atoms with Crippen LogP contribution in [0.4, 0.5) is 0 Å². The van der Waals surface area contributed by atoms with Crippen LogP contribution in [-0.2, 0) is 6.42 Å². The maximum atomic E-state index is 11.9. The largest absolute Gasteiger partial charge is 0.481 e. The Balaban J connectivity index is 2.13. The van der Waals surface area contributed by atoms with E-state index in [2.05, 4.69) is 9.97 Å². The summed E-state index contributed by atoms with van der Waals surface area (Å²) in [7, 11) is 1.53. The smallest absolute Gasteiger partial charge is 0.216 e. The van der Waals surface area contributed by atoms with Gasteiger partial charge in [0, 0.05) is 11.6 Å². The van der Waals surface area contributed by atoms with E-state index < -0.39 is 0 Å². The second-order valence-electron chi connectivity index (χ2n) is 3.52. The number of carbonyl (C=O) groups is 1. The minimum Gasteiger partial charge on any atom is -0.481 e. The van der Waals surface area contributed by atoms with Gasteiger partial charge in [0.2, 0.25) is 5.88 Å². The zero-order chi connectivity index (χ0) is 12.1. The molecule has 0 saturated heterocycles. The molecule has 0 aliphatic rings. The number of hydrogen-bond donors (Lipinski definition) is 0. The number of nitrogens with zero attached hydrogens (tertiary/aromatic N) is 2. The highest BCUT2D eigenvalue weighted by Crippen LogP contribution is 2.09. The number of methoxy groups -OCH3 is 1. The van der Waals surface area contributed by atoms with Crippen molar-refractivity contribution in [3.63, 3.8) is 0 Å². The maximum absolute atomic E-state index is 11.9. The summed E-state index contributed by atoms with van der Waals surface area (Å²) in [4.78, 5) is 19.8. The summed E-state index contributed by atoms with van der Waals surface area (Å²) in [6.07, 6.45) is 1.65. The molecule has 0 aliphatic heterocycles. The Morgan fingerprint density at radius 3 is 2.71 bits per heavy atom. The van der Waals surface area contributed by atoms with Crippen LogP contribution < -0.4 is 4.74 Å². The number of carbonyl (C=O) groups excluding carboxylic acids is 1. The third-order valence-electron chi connectivity index (χ3n) is 2.35. The van der Waals surface area contributed by atoms with E-state index in [-0.39, 0.29) is 12.2 Å². The molecule has 0 fully saturated rings. The quantitative estimate of drug-likeness (QED) is 0.750. The molecule has 2 aromatic rings. The zero-order valence-electron chi connectivity index (χ0n) is 9.46. The summed E-state index contributed by atoms with van der Waals surface area (Å²) < 4.78 is 4.98. The molecule has 4 heteroatoms. The highest BCUT2D eigenvalue weighted by molar-refractivity contribution is 5.97. The summed E-state index contributed by atoms with van der Waals surface area (Å²) in [6.45, 7) is 0. The first-order valence-electron chi connectivity index (χ1n) is 5.23. The first-order chi connectivity index (χ1) is 8.29. The third-order valence-corrected chi connectivity index (χ3v) is 2.35. The first kappa shape index (κ1) is 11.3. The Morgan fingerprint density at radius 2 is 2.00 bits per heavy atom. The predicted octanol–water partition coefficient (Wildman–Crippen LogP) is 1.91. The number of ether oxygens (including phenoxy) is 1. The van der Waals surface area contributed by atoms with E-state index in [0.29, 0.717) is 17.1 Å². The SMILES string of the molecule is COc1cc(CC(=O)c2ccccc2)ncn1. The highest BCUT2D eigenvalue weighted by Gasteiger charge is 2.08. The van der Waals surface area contributed by atoms with Crippen LogP contribution in [0.3, 0.4) is 0 Å². The van der Waals surface area contributed by atoms with Gasteiger partial charge in [-0.15, -0.1) is 0 Å². The van der Waals surface area contributed by atoms with Gasteiger partial charge in [0.25, 0.3) is 0 Å². The maximum Gasteiger partial charge on any atom is 0.216 e. The fourth-order valence-corrected chi connectivity index (χ4v) is 1.48. The lowest BCUT2D eigenvalue weighted by Crippen LogP contribution is -2.05. The van der Waals surface area contributed by atoms with Gasteiger partial charge >= 0.3 is 0 Å². The van der Waals surface area contributed by atoms with E-state index in [1.54, 1.807) is 18.2 Å².